The zero-order chi connectivity index (χ0) is 20.4. The molecule has 2 rings (SSSR count). The first-order valence-electron chi connectivity index (χ1n) is 8.43. The fourth-order valence-electron chi connectivity index (χ4n) is 2.50. The zero-order valence-corrected chi connectivity index (χ0v) is 17.0. The van der Waals surface area contributed by atoms with Crippen LogP contribution in [0.15, 0.2) is 22.6 Å². The molecule has 0 aliphatic heterocycles. The molecule has 2 aromatic rings. The van der Waals surface area contributed by atoms with Crippen LogP contribution in [-0.4, -0.2) is 24.2 Å². The molecule has 148 valence electrons. The molecule has 27 heavy (non-hydrogen) atoms. The van der Waals surface area contributed by atoms with Crippen LogP contribution in [0.1, 0.15) is 45.2 Å². The first-order valence-corrected chi connectivity index (χ1v) is 9.31. The molecule has 0 aliphatic rings. The number of aliphatic imine (C=N–C) groups is 1. The Morgan fingerprint density at radius 1 is 1.30 bits per heavy atom. The number of benzene rings is 1. The van der Waals surface area contributed by atoms with Crippen LogP contribution in [0, 0.1) is 6.92 Å². The van der Waals surface area contributed by atoms with E-state index >= 15 is 0 Å². The van der Waals surface area contributed by atoms with Gasteiger partial charge >= 0.3 is 6.36 Å². The van der Waals surface area contributed by atoms with Gasteiger partial charge in [0.1, 0.15) is 10.7 Å². The molecule has 4 nitrogen and oxygen atoms in total. The van der Waals surface area contributed by atoms with E-state index in [9.17, 15) is 13.2 Å². The standard InChI is InChI=1S/C19H23F3N2O2S/c1-7-11(2)24-15-12(3)13(17-23-8-9-27-17)10-14(18(4,5)25-6)16(15)26-19(20,21)22/h8-10H,7H2,1-6H3. The van der Waals surface area contributed by atoms with E-state index < -0.39 is 12.0 Å². The van der Waals surface area contributed by atoms with Crippen molar-refractivity contribution in [2.45, 2.75) is 53.0 Å². The minimum Gasteiger partial charge on any atom is -0.403 e. The van der Waals surface area contributed by atoms with Crippen molar-refractivity contribution in [1.29, 1.82) is 0 Å². The number of hydrogen-bond donors (Lipinski definition) is 0. The highest BCUT2D eigenvalue weighted by atomic mass is 32.1. The maximum Gasteiger partial charge on any atom is 0.573 e. The van der Waals surface area contributed by atoms with Crippen LogP contribution < -0.4 is 4.74 Å². The van der Waals surface area contributed by atoms with Gasteiger partial charge in [-0.25, -0.2) is 4.98 Å². The third kappa shape index (κ3) is 4.87. The van der Waals surface area contributed by atoms with Crippen molar-refractivity contribution < 1.29 is 22.6 Å². The molecule has 8 heteroatoms. The third-order valence-corrected chi connectivity index (χ3v) is 5.17. The molecule has 0 spiro atoms. The number of ether oxygens (including phenoxy) is 2. The molecule has 0 amide bonds. The summed E-state index contributed by atoms with van der Waals surface area (Å²) in [6.45, 7) is 8.77. The normalized spacial score (nSPS) is 13.1. The topological polar surface area (TPSA) is 43.7 Å². The number of halogens is 3. The van der Waals surface area contributed by atoms with Crippen LogP contribution in [-0.2, 0) is 10.3 Å². The van der Waals surface area contributed by atoms with Gasteiger partial charge in [0.25, 0.3) is 0 Å². The number of alkyl halides is 3. The first-order chi connectivity index (χ1) is 12.5. The van der Waals surface area contributed by atoms with Gasteiger partial charge in [0.2, 0.25) is 0 Å². The minimum atomic E-state index is -4.85. The first kappa shape index (κ1) is 21.4. The van der Waals surface area contributed by atoms with E-state index in [1.807, 2.05) is 12.3 Å². The zero-order valence-electron chi connectivity index (χ0n) is 16.2. The lowest BCUT2D eigenvalue weighted by molar-refractivity contribution is -0.275. The van der Waals surface area contributed by atoms with E-state index in [1.54, 1.807) is 40.0 Å². The number of nitrogens with zero attached hydrogens (tertiary/aromatic N) is 2. The number of hydrogen-bond acceptors (Lipinski definition) is 5. The fourth-order valence-corrected chi connectivity index (χ4v) is 3.21. The van der Waals surface area contributed by atoms with E-state index in [-0.39, 0.29) is 17.0 Å². The van der Waals surface area contributed by atoms with Gasteiger partial charge in [-0.15, -0.1) is 24.5 Å². The number of methoxy groups -OCH3 is 1. The molecule has 1 aromatic heterocycles. The summed E-state index contributed by atoms with van der Waals surface area (Å²) in [5.41, 5.74) is 1.38. The van der Waals surface area contributed by atoms with Gasteiger partial charge in [0, 0.05) is 35.5 Å². The predicted octanol–water partition coefficient (Wildman–Crippen LogP) is 6.40. The average Bonchev–Trinajstić information content (AvgIpc) is 3.10. The Balaban J connectivity index is 2.91. The van der Waals surface area contributed by atoms with E-state index in [2.05, 4.69) is 14.7 Å². The lowest BCUT2D eigenvalue weighted by atomic mass is 9.91. The molecule has 0 radical (unpaired) electrons. The highest BCUT2D eigenvalue weighted by molar-refractivity contribution is 7.13. The Kier molecular flexibility index (Phi) is 6.32. The van der Waals surface area contributed by atoms with Crippen molar-refractivity contribution in [3.05, 3.63) is 28.8 Å². The predicted molar refractivity (Wildman–Crippen MR) is 102 cm³/mol. The summed E-state index contributed by atoms with van der Waals surface area (Å²) in [7, 11) is 1.44. The molecule has 1 aromatic carbocycles. The lowest BCUT2D eigenvalue weighted by Gasteiger charge is -2.29. The van der Waals surface area contributed by atoms with Gasteiger partial charge in [-0.1, -0.05) is 6.92 Å². The Bertz CT molecular complexity index is 828. The Morgan fingerprint density at radius 3 is 2.44 bits per heavy atom. The summed E-state index contributed by atoms with van der Waals surface area (Å²) in [5, 5.41) is 2.51. The van der Waals surface area contributed by atoms with Crippen LogP contribution in [0.25, 0.3) is 10.6 Å². The quantitative estimate of drug-likeness (QED) is 0.527. The van der Waals surface area contributed by atoms with E-state index in [0.29, 0.717) is 28.3 Å². The Hall–Kier alpha value is -1.93. The minimum absolute atomic E-state index is 0.152. The fraction of sp³-hybridized carbons (Fsp3) is 0.474. The van der Waals surface area contributed by atoms with Crippen molar-refractivity contribution in [2.75, 3.05) is 7.11 Å². The molecule has 1 heterocycles. The van der Waals surface area contributed by atoms with Crippen molar-refractivity contribution in [3.8, 4) is 16.3 Å². The van der Waals surface area contributed by atoms with Gasteiger partial charge in [0.15, 0.2) is 5.75 Å². The summed E-state index contributed by atoms with van der Waals surface area (Å²) in [5.74, 6) is -0.333. The third-order valence-electron chi connectivity index (χ3n) is 4.36. The van der Waals surface area contributed by atoms with Crippen LogP contribution >= 0.6 is 11.3 Å². The van der Waals surface area contributed by atoms with Gasteiger partial charge in [-0.05, 0) is 45.7 Å². The van der Waals surface area contributed by atoms with Crippen LogP contribution in [0.3, 0.4) is 0 Å². The van der Waals surface area contributed by atoms with Gasteiger partial charge in [-0.2, -0.15) is 0 Å². The Labute approximate surface area is 161 Å². The second-order valence-corrected chi connectivity index (χ2v) is 7.47. The highest BCUT2D eigenvalue weighted by Crippen LogP contribution is 2.47. The summed E-state index contributed by atoms with van der Waals surface area (Å²) >= 11 is 1.41. The van der Waals surface area contributed by atoms with Gasteiger partial charge in [0.05, 0.1) is 5.60 Å². The maximum atomic E-state index is 13.2. The largest absolute Gasteiger partial charge is 0.573 e. The molecule has 0 atom stereocenters. The number of aromatic nitrogens is 1. The lowest BCUT2D eigenvalue weighted by Crippen LogP contribution is -2.25. The summed E-state index contributed by atoms with van der Waals surface area (Å²) in [4.78, 5) is 8.76. The monoisotopic (exact) mass is 400 g/mol. The van der Waals surface area contributed by atoms with Crippen molar-refractivity contribution in [2.24, 2.45) is 4.99 Å². The molecule has 0 bridgehead atoms. The molecular formula is C19H23F3N2O2S. The Morgan fingerprint density at radius 2 is 1.96 bits per heavy atom. The van der Waals surface area contributed by atoms with Crippen molar-refractivity contribution >= 4 is 22.7 Å². The van der Waals surface area contributed by atoms with Crippen molar-refractivity contribution in [1.82, 2.24) is 4.98 Å². The van der Waals surface area contributed by atoms with E-state index in [0.717, 1.165) is 0 Å². The molecular weight excluding hydrogens is 377 g/mol. The smallest absolute Gasteiger partial charge is 0.403 e. The van der Waals surface area contributed by atoms with Gasteiger partial charge in [-0.3, -0.25) is 4.99 Å². The summed E-state index contributed by atoms with van der Waals surface area (Å²) < 4.78 is 49.5. The molecule has 0 saturated heterocycles. The summed E-state index contributed by atoms with van der Waals surface area (Å²) in [6, 6.07) is 1.65. The van der Waals surface area contributed by atoms with Crippen LogP contribution in [0.2, 0.25) is 0 Å². The number of rotatable bonds is 6. The van der Waals surface area contributed by atoms with Crippen LogP contribution in [0.4, 0.5) is 18.9 Å². The maximum absolute atomic E-state index is 13.2. The highest BCUT2D eigenvalue weighted by Gasteiger charge is 2.37. The molecule has 0 saturated carbocycles. The van der Waals surface area contributed by atoms with Crippen molar-refractivity contribution in [3.63, 3.8) is 0 Å². The number of thiazole rings is 1. The SMILES string of the molecule is CCC(C)=Nc1c(C)c(-c2nccs2)cc(C(C)(C)OC)c1OC(F)(F)F. The molecule has 0 unspecified atom stereocenters. The molecule has 0 aliphatic carbocycles. The van der Waals surface area contributed by atoms with Crippen LogP contribution in [0.5, 0.6) is 5.75 Å². The second-order valence-electron chi connectivity index (χ2n) is 6.57. The second kappa shape index (κ2) is 7.98. The van der Waals surface area contributed by atoms with E-state index in [4.69, 9.17) is 4.74 Å². The molecule has 0 fully saturated rings. The summed E-state index contributed by atoms with van der Waals surface area (Å²) in [6.07, 6.45) is -2.59. The van der Waals surface area contributed by atoms with Gasteiger partial charge < -0.3 is 9.47 Å². The molecule has 0 N–H and O–H groups in total. The van der Waals surface area contributed by atoms with E-state index in [1.165, 1.54) is 18.4 Å². The average molecular weight is 400 g/mol.